The Labute approximate surface area is 175 Å². The van der Waals surface area contributed by atoms with Gasteiger partial charge in [-0.2, -0.15) is 0 Å². The lowest BCUT2D eigenvalue weighted by atomic mass is 9.89. The highest BCUT2D eigenvalue weighted by molar-refractivity contribution is 7.20. The van der Waals surface area contributed by atoms with Crippen molar-refractivity contribution in [2.24, 2.45) is 5.92 Å². The van der Waals surface area contributed by atoms with E-state index >= 15 is 0 Å². The van der Waals surface area contributed by atoms with Crippen LogP contribution in [-0.2, 0) is 6.42 Å². The van der Waals surface area contributed by atoms with Crippen LogP contribution in [-0.4, -0.2) is 33.9 Å². The average Bonchev–Trinajstić information content (AvgIpc) is 3.11. The van der Waals surface area contributed by atoms with Crippen LogP contribution in [0.15, 0.2) is 30.7 Å². The first kappa shape index (κ1) is 19.8. The fraction of sp³-hybridized carbons (Fsp3) is 0.455. The third kappa shape index (κ3) is 4.72. The molecule has 0 saturated heterocycles. The van der Waals surface area contributed by atoms with E-state index in [0.717, 1.165) is 51.7 Å². The molecule has 3 heterocycles. The number of carbonyl (C=O) groups is 1. The molecule has 0 bridgehead atoms. The number of pyridine rings is 1. The van der Waals surface area contributed by atoms with Crippen molar-refractivity contribution in [3.8, 4) is 0 Å². The highest BCUT2D eigenvalue weighted by Crippen LogP contribution is 2.33. The summed E-state index contributed by atoms with van der Waals surface area (Å²) in [6.45, 7) is 3.48. The molecule has 4 rings (SSSR count). The van der Waals surface area contributed by atoms with E-state index in [1.165, 1.54) is 43.4 Å². The molecule has 152 valence electrons. The van der Waals surface area contributed by atoms with Gasteiger partial charge in [0.25, 0.3) is 5.91 Å². The van der Waals surface area contributed by atoms with E-state index in [1.807, 2.05) is 25.1 Å². The number of hydrogen-bond acceptors (Lipinski definition) is 6. The number of fused-ring (bicyclic) bond motifs is 1. The Bertz CT molecular complexity index is 966. The Balaban J connectivity index is 1.44. The fourth-order valence-electron chi connectivity index (χ4n) is 3.99. The molecule has 3 aromatic rings. The zero-order valence-electron chi connectivity index (χ0n) is 16.8. The Morgan fingerprint density at radius 1 is 1.17 bits per heavy atom. The molecule has 1 amide bonds. The van der Waals surface area contributed by atoms with Crippen LogP contribution in [0.1, 0.15) is 53.0 Å². The van der Waals surface area contributed by atoms with E-state index in [2.05, 4.69) is 25.6 Å². The van der Waals surface area contributed by atoms with Crippen LogP contribution in [0.4, 0.5) is 5.82 Å². The molecule has 2 N–H and O–H groups in total. The standard InChI is InChI=1S/C22H27N5OS/c1-15-18-20(24-12-10-17-9-5-6-11-23-17)26-14-27-22(18)29-19(15)21(28)25-13-16-7-3-2-4-8-16/h5-6,9,11,14,16H,2-4,7-8,10,12-13H2,1H3,(H,25,28)(H,24,26,27). The van der Waals surface area contributed by atoms with Crippen LogP contribution in [0.3, 0.4) is 0 Å². The van der Waals surface area contributed by atoms with Crippen LogP contribution >= 0.6 is 11.3 Å². The summed E-state index contributed by atoms with van der Waals surface area (Å²) in [6, 6.07) is 5.93. The number of rotatable bonds is 7. The minimum absolute atomic E-state index is 0.00973. The van der Waals surface area contributed by atoms with Gasteiger partial charge in [0.2, 0.25) is 0 Å². The molecule has 29 heavy (non-hydrogen) atoms. The minimum atomic E-state index is 0.00973. The molecule has 0 radical (unpaired) electrons. The van der Waals surface area contributed by atoms with E-state index < -0.39 is 0 Å². The van der Waals surface area contributed by atoms with Gasteiger partial charge in [0.05, 0.1) is 10.3 Å². The molecule has 7 heteroatoms. The first-order valence-corrected chi connectivity index (χ1v) is 11.2. The van der Waals surface area contributed by atoms with E-state index in [0.29, 0.717) is 5.92 Å². The largest absolute Gasteiger partial charge is 0.369 e. The van der Waals surface area contributed by atoms with Gasteiger partial charge in [-0.3, -0.25) is 9.78 Å². The average molecular weight is 410 g/mol. The number of anilines is 1. The summed E-state index contributed by atoms with van der Waals surface area (Å²) in [5.74, 6) is 1.41. The highest BCUT2D eigenvalue weighted by Gasteiger charge is 2.20. The smallest absolute Gasteiger partial charge is 0.261 e. The predicted molar refractivity (Wildman–Crippen MR) is 117 cm³/mol. The van der Waals surface area contributed by atoms with Crippen LogP contribution in [0.25, 0.3) is 10.2 Å². The second-order valence-corrected chi connectivity index (χ2v) is 8.67. The van der Waals surface area contributed by atoms with Gasteiger partial charge in [0, 0.05) is 31.4 Å². The summed E-state index contributed by atoms with van der Waals surface area (Å²) < 4.78 is 0. The number of carbonyl (C=O) groups excluding carboxylic acids is 1. The van der Waals surface area contributed by atoms with Gasteiger partial charge in [0.1, 0.15) is 17.0 Å². The second kappa shape index (κ2) is 9.31. The number of thiophene rings is 1. The number of hydrogen-bond donors (Lipinski definition) is 2. The maximum atomic E-state index is 12.8. The Kier molecular flexibility index (Phi) is 6.34. The maximum Gasteiger partial charge on any atom is 0.261 e. The van der Waals surface area contributed by atoms with Crippen molar-refractivity contribution in [1.29, 1.82) is 0 Å². The summed E-state index contributed by atoms with van der Waals surface area (Å²) in [7, 11) is 0. The van der Waals surface area contributed by atoms with Gasteiger partial charge in [-0.15, -0.1) is 11.3 Å². The van der Waals surface area contributed by atoms with Crippen LogP contribution in [0.2, 0.25) is 0 Å². The number of aromatic nitrogens is 3. The minimum Gasteiger partial charge on any atom is -0.369 e. The molecule has 6 nitrogen and oxygen atoms in total. The summed E-state index contributed by atoms with van der Waals surface area (Å²) in [4.78, 5) is 27.6. The van der Waals surface area contributed by atoms with E-state index in [4.69, 9.17) is 0 Å². The van der Waals surface area contributed by atoms with E-state index in [9.17, 15) is 4.79 Å². The fourth-order valence-corrected chi connectivity index (χ4v) is 5.05. The van der Waals surface area contributed by atoms with E-state index in [-0.39, 0.29) is 5.91 Å². The maximum absolute atomic E-state index is 12.8. The summed E-state index contributed by atoms with van der Waals surface area (Å²) >= 11 is 1.45. The molecule has 0 atom stereocenters. The molecule has 3 aromatic heterocycles. The van der Waals surface area contributed by atoms with Crippen molar-refractivity contribution >= 4 is 33.3 Å². The van der Waals surface area contributed by atoms with Crippen LogP contribution in [0.5, 0.6) is 0 Å². The molecule has 1 aliphatic carbocycles. The topological polar surface area (TPSA) is 79.8 Å². The summed E-state index contributed by atoms with van der Waals surface area (Å²) in [5, 5.41) is 7.49. The van der Waals surface area contributed by atoms with E-state index in [1.54, 1.807) is 12.5 Å². The lowest BCUT2D eigenvalue weighted by Gasteiger charge is -2.21. The van der Waals surface area contributed by atoms with Crippen LogP contribution in [0, 0.1) is 12.8 Å². The van der Waals surface area contributed by atoms with Gasteiger partial charge in [0.15, 0.2) is 0 Å². The van der Waals surface area contributed by atoms with Crippen molar-refractivity contribution in [2.45, 2.75) is 45.4 Å². The molecular formula is C22H27N5OS. The predicted octanol–water partition coefficient (Wildman–Crippen LogP) is 4.36. The lowest BCUT2D eigenvalue weighted by molar-refractivity contribution is 0.0947. The molecule has 1 fully saturated rings. The quantitative estimate of drug-likeness (QED) is 0.606. The Hall–Kier alpha value is -2.54. The SMILES string of the molecule is Cc1c(C(=O)NCC2CCCCC2)sc2ncnc(NCCc3ccccn3)c12. The summed E-state index contributed by atoms with van der Waals surface area (Å²) in [6.07, 6.45) is 10.5. The van der Waals surface area contributed by atoms with Crippen molar-refractivity contribution in [3.63, 3.8) is 0 Å². The Morgan fingerprint density at radius 2 is 2.03 bits per heavy atom. The van der Waals surface area contributed by atoms with Gasteiger partial charge in [-0.25, -0.2) is 9.97 Å². The van der Waals surface area contributed by atoms with Crippen molar-refractivity contribution in [1.82, 2.24) is 20.3 Å². The second-order valence-electron chi connectivity index (χ2n) is 7.67. The zero-order valence-corrected chi connectivity index (χ0v) is 17.6. The summed E-state index contributed by atoms with van der Waals surface area (Å²) in [5.41, 5.74) is 1.99. The first-order valence-electron chi connectivity index (χ1n) is 10.4. The monoisotopic (exact) mass is 409 g/mol. The normalized spacial score (nSPS) is 14.8. The van der Waals surface area contributed by atoms with Gasteiger partial charge in [-0.05, 0) is 43.4 Å². The van der Waals surface area contributed by atoms with Gasteiger partial charge < -0.3 is 10.6 Å². The van der Waals surface area contributed by atoms with Crippen molar-refractivity contribution < 1.29 is 4.79 Å². The lowest BCUT2D eigenvalue weighted by Crippen LogP contribution is -2.30. The van der Waals surface area contributed by atoms with Gasteiger partial charge in [-0.1, -0.05) is 25.3 Å². The number of aryl methyl sites for hydroxylation is 1. The number of nitrogens with one attached hydrogen (secondary N) is 2. The van der Waals surface area contributed by atoms with Gasteiger partial charge >= 0.3 is 0 Å². The zero-order chi connectivity index (χ0) is 20.1. The third-order valence-corrected chi connectivity index (χ3v) is 6.81. The third-order valence-electron chi connectivity index (χ3n) is 5.61. The molecule has 0 spiro atoms. The number of amides is 1. The number of nitrogens with zero attached hydrogens (tertiary/aromatic N) is 3. The molecule has 0 unspecified atom stereocenters. The highest BCUT2D eigenvalue weighted by atomic mass is 32.1. The van der Waals surface area contributed by atoms with Crippen LogP contribution < -0.4 is 10.6 Å². The Morgan fingerprint density at radius 3 is 2.83 bits per heavy atom. The molecule has 1 aliphatic rings. The van der Waals surface area contributed by atoms with Crippen molar-refractivity contribution in [3.05, 3.63) is 46.9 Å². The molecule has 0 aliphatic heterocycles. The first-order chi connectivity index (χ1) is 14.2. The molecule has 0 aromatic carbocycles. The molecule has 1 saturated carbocycles. The molecular weight excluding hydrogens is 382 g/mol. The van der Waals surface area contributed by atoms with Crippen molar-refractivity contribution in [2.75, 3.05) is 18.4 Å².